The van der Waals surface area contributed by atoms with Crippen molar-refractivity contribution in [1.29, 1.82) is 0 Å². The summed E-state index contributed by atoms with van der Waals surface area (Å²) in [6.45, 7) is 0.324. The van der Waals surface area contributed by atoms with Gasteiger partial charge >= 0.3 is 0 Å². The molecule has 1 atom stereocenters. The highest BCUT2D eigenvalue weighted by molar-refractivity contribution is 5.81. The average molecular weight is 272 g/mol. The Morgan fingerprint density at radius 3 is 2.70 bits per heavy atom. The molecule has 1 amide bonds. The Bertz CT molecular complexity index is 557. The number of aromatic hydroxyl groups is 1. The van der Waals surface area contributed by atoms with Crippen LogP contribution < -0.4 is 11.1 Å². The molecular weight excluding hydrogens is 256 g/mol. The fourth-order valence-corrected chi connectivity index (χ4v) is 1.71. The molecule has 0 fully saturated rings. The summed E-state index contributed by atoms with van der Waals surface area (Å²) in [5.41, 5.74) is 7.47. The zero-order chi connectivity index (χ0) is 14.4. The smallest absolute Gasteiger partial charge is 0.237 e. The Morgan fingerprint density at radius 1 is 1.30 bits per heavy atom. The number of nitrogens with one attached hydrogen (secondary N) is 1. The monoisotopic (exact) mass is 272 g/mol. The molecule has 1 aromatic heterocycles. The number of nitrogens with two attached hydrogens (primary N) is 1. The molecule has 0 saturated carbocycles. The highest BCUT2D eigenvalue weighted by Gasteiger charge is 2.13. The number of rotatable bonds is 5. The highest BCUT2D eigenvalue weighted by Crippen LogP contribution is 2.10. The van der Waals surface area contributed by atoms with Gasteiger partial charge in [-0.2, -0.15) is 0 Å². The number of amides is 1. The van der Waals surface area contributed by atoms with E-state index in [-0.39, 0.29) is 11.7 Å². The predicted octanol–water partition coefficient (Wildman–Crippen LogP) is 0.368. The molecule has 0 radical (unpaired) electrons. The summed E-state index contributed by atoms with van der Waals surface area (Å²) in [5, 5.41) is 11.9. The van der Waals surface area contributed by atoms with Gasteiger partial charge in [0.2, 0.25) is 5.91 Å². The summed E-state index contributed by atoms with van der Waals surface area (Å²) in [4.78, 5) is 19.7. The Hall–Kier alpha value is -2.47. The van der Waals surface area contributed by atoms with E-state index in [9.17, 15) is 9.90 Å². The van der Waals surface area contributed by atoms with Gasteiger partial charge in [0.05, 0.1) is 18.3 Å². The molecule has 0 aliphatic rings. The van der Waals surface area contributed by atoms with Gasteiger partial charge in [0.25, 0.3) is 0 Å². The van der Waals surface area contributed by atoms with Crippen LogP contribution in [0, 0.1) is 0 Å². The maximum atomic E-state index is 11.9. The summed E-state index contributed by atoms with van der Waals surface area (Å²) < 4.78 is 0. The van der Waals surface area contributed by atoms with E-state index < -0.39 is 6.04 Å². The Kier molecular flexibility index (Phi) is 4.62. The zero-order valence-corrected chi connectivity index (χ0v) is 10.9. The number of hydrogen-bond donors (Lipinski definition) is 3. The fraction of sp³-hybridized carbons (Fsp3) is 0.214. The third kappa shape index (κ3) is 4.03. The van der Waals surface area contributed by atoms with Crippen LogP contribution in [0.15, 0.2) is 42.9 Å². The van der Waals surface area contributed by atoms with Crippen LogP contribution in [0.1, 0.15) is 11.3 Å². The highest BCUT2D eigenvalue weighted by atomic mass is 16.3. The van der Waals surface area contributed by atoms with Crippen LogP contribution >= 0.6 is 0 Å². The van der Waals surface area contributed by atoms with E-state index >= 15 is 0 Å². The van der Waals surface area contributed by atoms with Gasteiger partial charge in [-0.1, -0.05) is 12.1 Å². The Balaban J connectivity index is 1.84. The second-order valence-corrected chi connectivity index (χ2v) is 4.40. The first-order chi connectivity index (χ1) is 9.65. The lowest BCUT2D eigenvalue weighted by atomic mass is 10.1. The molecule has 2 rings (SSSR count). The first kappa shape index (κ1) is 14.0. The number of phenols is 1. The van der Waals surface area contributed by atoms with Gasteiger partial charge in [0.1, 0.15) is 12.1 Å². The van der Waals surface area contributed by atoms with Gasteiger partial charge in [0.15, 0.2) is 0 Å². The topological polar surface area (TPSA) is 101 Å². The summed E-state index contributed by atoms with van der Waals surface area (Å²) in [7, 11) is 0. The van der Waals surface area contributed by atoms with E-state index in [1.165, 1.54) is 6.33 Å². The van der Waals surface area contributed by atoms with E-state index in [1.54, 1.807) is 36.5 Å². The molecular formula is C14H16N4O2. The minimum Gasteiger partial charge on any atom is -0.508 e. The van der Waals surface area contributed by atoms with Crippen molar-refractivity contribution in [2.24, 2.45) is 5.73 Å². The van der Waals surface area contributed by atoms with Crippen molar-refractivity contribution < 1.29 is 9.90 Å². The van der Waals surface area contributed by atoms with Gasteiger partial charge < -0.3 is 16.2 Å². The van der Waals surface area contributed by atoms with E-state index in [1.807, 2.05) is 0 Å². The van der Waals surface area contributed by atoms with Crippen LogP contribution in [-0.2, 0) is 17.8 Å². The normalized spacial score (nSPS) is 11.8. The third-order valence-corrected chi connectivity index (χ3v) is 2.82. The lowest BCUT2D eigenvalue weighted by Crippen LogP contribution is -2.41. The first-order valence-electron chi connectivity index (χ1n) is 6.21. The van der Waals surface area contributed by atoms with Crippen LogP contribution in [0.2, 0.25) is 0 Å². The van der Waals surface area contributed by atoms with E-state index in [0.29, 0.717) is 13.0 Å². The molecule has 104 valence electrons. The van der Waals surface area contributed by atoms with E-state index in [0.717, 1.165) is 11.3 Å². The minimum absolute atomic E-state index is 0.190. The fourth-order valence-electron chi connectivity index (χ4n) is 1.71. The van der Waals surface area contributed by atoms with Gasteiger partial charge in [-0.3, -0.25) is 4.79 Å². The van der Waals surface area contributed by atoms with E-state index in [2.05, 4.69) is 15.3 Å². The summed E-state index contributed by atoms with van der Waals surface area (Å²) >= 11 is 0. The number of nitrogens with zero attached hydrogens (tertiary/aromatic N) is 2. The summed E-state index contributed by atoms with van der Waals surface area (Å²) in [6, 6.07) is 7.72. The van der Waals surface area contributed by atoms with Gasteiger partial charge in [-0.15, -0.1) is 0 Å². The lowest BCUT2D eigenvalue weighted by molar-refractivity contribution is -0.122. The standard InChI is InChI=1S/C14H16N4O2/c15-13(7-10-1-3-12(19)4-2-10)14(20)17-8-11-5-6-16-9-18-11/h1-6,9,13,19H,7-8,15H2,(H,17,20). The largest absolute Gasteiger partial charge is 0.508 e. The van der Waals surface area contributed by atoms with Crippen LogP contribution in [0.4, 0.5) is 0 Å². The molecule has 20 heavy (non-hydrogen) atoms. The molecule has 0 aliphatic carbocycles. The number of carbonyl (C=O) groups excluding carboxylic acids is 1. The van der Waals surface area contributed by atoms with Crippen molar-refractivity contribution in [2.45, 2.75) is 19.0 Å². The first-order valence-corrected chi connectivity index (χ1v) is 6.21. The number of phenolic OH excluding ortho intramolecular Hbond substituents is 1. The molecule has 6 nitrogen and oxygen atoms in total. The molecule has 0 aliphatic heterocycles. The Labute approximate surface area is 116 Å². The van der Waals surface area contributed by atoms with Crippen LogP contribution in [-0.4, -0.2) is 27.0 Å². The second-order valence-electron chi connectivity index (χ2n) is 4.40. The van der Waals surface area contributed by atoms with Crippen molar-refractivity contribution in [3.63, 3.8) is 0 Å². The molecule has 1 unspecified atom stereocenters. The average Bonchev–Trinajstić information content (AvgIpc) is 2.48. The Morgan fingerprint density at radius 2 is 2.05 bits per heavy atom. The second kappa shape index (κ2) is 6.63. The van der Waals surface area contributed by atoms with Gasteiger partial charge in [0, 0.05) is 6.20 Å². The summed E-state index contributed by atoms with van der Waals surface area (Å²) in [6.07, 6.45) is 3.46. The maximum Gasteiger partial charge on any atom is 0.237 e. The molecule has 0 saturated heterocycles. The van der Waals surface area contributed by atoms with Crippen molar-refractivity contribution in [1.82, 2.24) is 15.3 Å². The SMILES string of the molecule is NC(Cc1ccc(O)cc1)C(=O)NCc1ccncn1. The molecule has 2 aromatic rings. The number of hydrogen-bond acceptors (Lipinski definition) is 5. The minimum atomic E-state index is -0.638. The molecule has 0 spiro atoms. The van der Waals surface area contributed by atoms with Crippen molar-refractivity contribution in [2.75, 3.05) is 0 Å². The van der Waals surface area contributed by atoms with Crippen molar-refractivity contribution in [3.05, 3.63) is 54.1 Å². The number of carbonyl (C=O) groups is 1. The van der Waals surface area contributed by atoms with Gasteiger partial charge in [-0.05, 0) is 30.2 Å². The third-order valence-electron chi connectivity index (χ3n) is 2.82. The van der Waals surface area contributed by atoms with Crippen molar-refractivity contribution in [3.8, 4) is 5.75 Å². The van der Waals surface area contributed by atoms with Gasteiger partial charge in [-0.25, -0.2) is 9.97 Å². The lowest BCUT2D eigenvalue weighted by Gasteiger charge is -2.12. The number of aromatic nitrogens is 2. The maximum absolute atomic E-state index is 11.9. The van der Waals surface area contributed by atoms with Crippen LogP contribution in [0.3, 0.4) is 0 Å². The molecule has 4 N–H and O–H groups in total. The van der Waals surface area contributed by atoms with Crippen molar-refractivity contribution >= 4 is 5.91 Å². The predicted molar refractivity (Wildman–Crippen MR) is 73.7 cm³/mol. The van der Waals surface area contributed by atoms with Crippen LogP contribution in [0.5, 0.6) is 5.75 Å². The summed E-state index contributed by atoms with van der Waals surface area (Å²) in [5.74, 6) is -0.0489. The zero-order valence-electron chi connectivity index (χ0n) is 10.9. The molecule has 1 aromatic carbocycles. The van der Waals surface area contributed by atoms with Crippen LogP contribution in [0.25, 0.3) is 0 Å². The molecule has 1 heterocycles. The number of benzene rings is 1. The quantitative estimate of drug-likeness (QED) is 0.730. The molecule has 0 bridgehead atoms. The van der Waals surface area contributed by atoms with E-state index in [4.69, 9.17) is 5.73 Å². The molecule has 6 heteroatoms.